The highest BCUT2D eigenvalue weighted by atomic mass is 15.1. The molecule has 4 nitrogen and oxygen atoms in total. The minimum atomic E-state index is 0.670. The number of para-hydroxylation sites is 3. The molecule has 0 aliphatic heterocycles. The molecule has 0 fully saturated rings. The second-order valence-corrected chi connectivity index (χ2v) is 24.7. The van der Waals surface area contributed by atoms with E-state index in [-0.39, 0.29) is 0 Å². The third kappa shape index (κ3) is 17.2. The summed E-state index contributed by atoms with van der Waals surface area (Å²) in [6.45, 7) is 13.8. The average Bonchev–Trinajstić information content (AvgIpc) is 3.12. The van der Waals surface area contributed by atoms with E-state index in [1.807, 2.05) is 0 Å². The molecule has 0 amide bonds. The van der Waals surface area contributed by atoms with Gasteiger partial charge in [0.2, 0.25) is 0 Å². The molecule has 2 heterocycles. The van der Waals surface area contributed by atoms with Gasteiger partial charge in [-0.05, 0) is 175 Å². The summed E-state index contributed by atoms with van der Waals surface area (Å²) in [4.78, 5) is 17.1. The number of hydrogen-bond acceptors (Lipinski definition) is 3. The molecular formula is C81H100N4. The van der Waals surface area contributed by atoms with Crippen molar-refractivity contribution in [2.24, 2.45) is 0 Å². The molecule has 0 bridgehead atoms. The SMILES string of the molecule is CCCCCCCCc1cc(-c2cc(-c3cc(CCCCCCCC)c(-c4cccc(-c5ccccc5-c5cccc(C)c5)c4)cc3CCCCCCCC)nc(-c3nc4ccccc4n3-c3ccccc3)n2)c(CCCCCCCC)cc1C. The van der Waals surface area contributed by atoms with Gasteiger partial charge in [-0.2, -0.15) is 0 Å². The Kier molecular flexibility index (Phi) is 24.4. The first kappa shape index (κ1) is 62.6. The summed E-state index contributed by atoms with van der Waals surface area (Å²) in [5, 5.41) is 0. The molecule has 0 spiro atoms. The first-order chi connectivity index (χ1) is 41.9. The van der Waals surface area contributed by atoms with Crippen molar-refractivity contribution < 1.29 is 0 Å². The van der Waals surface area contributed by atoms with Gasteiger partial charge in [0, 0.05) is 16.8 Å². The molecule has 0 radical (unpaired) electrons. The molecule has 2 aromatic heterocycles. The fourth-order valence-electron chi connectivity index (χ4n) is 13.0. The van der Waals surface area contributed by atoms with Crippen LogP contribution in [0.2, 0.25) is 0 Å². The van der Waals surface area contributed by atoms with E-state index >= 15 is 0 Å². The fraction of sp³-hybridized carbons (Fsp3) is 0.420. The van der Waals surface area contributed by atoms with Gasteiger partial charge in [0.05, 0.1) is 22.4 Å². The zero-order valence-electron chi connectivity index (χ0n) is 53.1. The molecule has 0 saturated carbocycles. The quantitative estimate of drug-likeness (QED) is 0.0372. The average molecular weight is 1130 g/mol. The number of unbranched alkanes of at least 4 members (excludes halogenated alkanes) is 20. The smallest absolute Gasteiger partial charge is 0.197 e. The molecule has 0 aliphatic rings. The van der Waals surface area contributed by atoms with Crippen LogP contribution in [0.3, 0.4) is 0 Å². The van der Waals surface area contributed by atoms with Crippen molar-refractivity contribution in [1.82, 2.24) is 19.5 Å². The van der Waals surface area contributed by atoms with Crippen molar-refractivity contribution in [2.45, 2.75) is 221 Å². The van der Waals surface area contributed by atoms with Gasteiger partial charge in [-0.25, -0.2) is 15.0 Å². The van der Waals surface area contributed by atoms with Gasteiger partial charge >= 0.3 is 0 Å². The lowest BCUT2D eigenvalue weighted by atomic mass is 9.86. The van der Waals surface area contributed by atoms with E-state index in [1.54, 1.807) is 0 Å². The Balaban J connectivity index is 1.26. The molecular weight excluding hydrogens is 1030 g/mol. The van der Waals surface area contributed by atoms with Gasteiger partial charge in [0.1, 0.15) is 0 Å². The van der Waals surface area contributed by atoms with E-state index in [1.165, 1.54) is 219 Å². The van der Waals surface area contributed by atoms with Crippen LogP contribution in [-0.2, 0) is 25.7 Å². The topological polar surface area (TPSA) is 43.6 Å². The van der Waals surface area contributed by atoms with Gasteiger partial charge < -0.3 is 0 Å². The summed E-state index contributed by atoms with van der Waals surface area (Å²) >= 11 is 0. The zero-order chi connectivity index (χ0) is 59.0. The first-order valence-electron chi connectivity index (χ1n) is 33.8. The van der Waals surface area contributed by atoms with Crippen LogP contribution < -0.4 is 0 Å². The minimum Gasteiger partial charge on any atom is -0.290 e. The van der Waals surface area contributed by atoms with Crippen LogP contribution >= 0.6 is 0 Å². The minimum absolute atomic E-state index is 0.670. The Bertz CT molecular complexity index is 3490. The van der Waals surface area contributed by atoms with Crippen LogP contribution in [0.15, 0.2) is 158 Å². The summed E-state index contributed by atoms with van der Waals surface area (Å²) in [5.74, 6) is 1.44. The van der Waals surface area contributed by atoms with Crippen molar-refractivity contribution in [2.75, 3.05) is 0 Å². The molecule has 7 aromatic carbocycles. The predicted octanol–water partition coefficient (Wildman–Crippen LogP) is 24.0. The highest BCUT2D eigenvalue weighted by Crippen LogP contribution is 2.41. The van der Waals surface area contributed by atoms with Crippen LogP contribution in [0, 0.1) is 13.8 Å². The maximum absolute atomic E-state index is 5.85. The molecule has 4 heteroatoms. The van der Waals surface area contributed by atoms with Gasteiger partial charge in [0.15, 0.2) is 11.6 Å². The summed E-state index contributed by atoms with van der Waals surface area (Å²) in [5.41, 5.74) is 23.5. The third-order valence-corrected chi connectivity index (χ3v) is 17.9. The summed E-state index contributed by atoms with van der Waals surface area (Å²) in [6.07, 6.45) is 34.4. The number of benzene rings is 7. The molecule has 0 N–H and O–H groups in total. The molecule has 85 heavy (non-hydrogen) atoms. The Morgan fingerprint density at radius 1 is 0.318 bits per heavy atom. The van der Waals surface area contributed by atoms with Crippen LogP contribution in [-0.4, -0.2) is 19.5 Å². The van der Waals surface area contributed by atoms with E-state index in [4.69, 9.17) is 15.0 Å². The number of rotatable bonds is 35. The van der Waals surface area contributed by atoms with E-state index in [9.17, 15) is 0 Å². The third-order valence-electron chi connectivity index (χ3n) is 17.9. The summed E-state index contributed by atoms with van der Waals surface area (Å²) in [7, 11) is 0. The van der Waals surface area contributed by atoms with Crippen molar-refractivity contribution in [1.29, 1.82) is 0 Å². The fourth-order valence-corrected chi connectivity index (χ4v) is 13.0. The summed E-state index contributed by atoms with van der Waals surface area (Å²) in [6, 6.07) is 59.4. The van der Waals surface area contributed by atoms with Gasteiger partial charge in [-0.3, -0.25) is 4.57 Å². The predicted molar refractivity (Wildman–Crippen MR) is 367 cm³/mol. The van der Waals surface area contributed by atoms with Crippen LogP contribution in [0.25, 0.3) is 84.3 Å². The Morgan fingerprint density at radius 2 is 0.741 bits per heavy atom. The van der Waals surface area contributed by atoms with E-state index < -0.39 is 0 Å². The molecule has 0 unspecified atom stereocenters. The Labute approximate surface area is 513 Å². The van der Waals surface area contributed by atoms with Crippen LogP contribution in [0.5, 0.6) is 0 Å². The van der Waals surface area contributed by atoms with E-state index in [0.29, 0.717) is 5.82 Å². The number of imidazole rings is 1. The number of aromatic nitrogens is 4. The van der Waals surface area contributed by atoms with Gasteiger partial charge in [-0.15, -0.1) is 0 Å². The molecule has 0 aliphatic carbocycles. The normalized spacial score (nSPS) is 11.6. The molecule has 444 valence electrons. The van der Waals surface area contributed by atoms with Crippen molar-refractivity contribution in [3.05, 3.63) is 191 Å². The van der Waals surface area contributed by atoms with E-state index in [0.717, 1.165) is 72.5 Å². The second-order valence-electron chi connectivity index (χ2n) is 24.7. The maximum Gasteiger partial charge on any atom is 0.197 e. The maximum atomic E-state index is 5.85. The first-order valence-corrected chi connectivity index (χ1v) is 33.8. The second kappa shape index (κ2) is 33.1. The molecule has 0 saturated heterocycles. The van der Waals surface area contributed by atoms with E-state index in [2.05, 4.69) is 204 Å². The summed E-state index contributed by atoms with van der Waals surface area (Å²) < 4.78 is 2.29. The molecule has 9 aromatic rings. The Morgan fingerprint density at radius 3 is 1.29 bits per heavy atom. The zero-order valence-corrected chi connectivity index (χ0v) is 53.1. The van der Waals surface area contributed by atoms with Crippen molar-refractivity contribution in [3.8, 4) is 73.2 Å². The highest BCUT2D eigenvalue weighted by Gasteiger charge is 2.23. The highest BCUT2D eigenvalue weighted by molar-refractivity contribution is 5.87. The van der Waals surface area contributed by atoms with Crippen molar-refractivity contribution >= 4 is 11.0 Å². The monoisotopic (exact) mass is 1130 g/mol. The molecule has 9 rings (SSSR count). The van der Waals surface area contributed by atoms with Crippen LogP contribution in [0.1, 0.15) is 215 Å². The molecule has 0 atom stereocenters. The lowest BCUT2D eigenvalue weighted by Gasteiger charge is -2.20. The van der Waals surface area contributed by atoms with Crippen LogP contribution in [0.4, 0.5) is 0 Å². The largest absolute Gasteiger partial charge is 0.290 e. The van der Waals surface area contributed by atoms with Gasteiger partial charge in [-0.1, -0.05) is 271 Å². The van der Waals surface area contributed by atoms with Crippen molar-refractivity contribution in [3.63, 3.8) is 0 Å². The number of nitrogens with zero attached hydrogens (tertiary/aromatic N) is 4. The van der Waals surface area contributed by atoms with Gasteiger partial charge in [0.25, 0.3) is 0 Å². The number of fused-ring (bicyclic) bond motifs is 1. The lowest BCUT2D eigenvalue weighted by Crippen LogP contribution is -2.06. The standard InChI is InChI=1S/C81H100N4/c1-7-11-15-19-23-28-41-63-57-74(65(55-62(63)6)42-29-24-20-16-12-8-2)77-60-78(83-80(82-77)81-84-76-52-36-37-53-79(76)85(81)70-48-32-27-33-49-70)75-59-68(43-30-25-21-17-13-9-3)73(58-69(75)44-31-26-22-18-14-10-4)67-47-39-46-66(56-67)72-51-35-34-50-71(72)64-45-38-40-61(5)54-64/h27,32-40,45-60H,7-26,28-31,41-44H2,1-6H3. The Hall–Kier alpha value is -6.91. The number of hydrogen-bond donors (Lipinski definition) is 0. The lowest BCUT2D eigenvalue weighted by molar-refractivity contribution is 0.605. The number of aryl methyl sites for hydroxylation is 6.